The fraction of sp³-hybridized carbons (Fsp3) is 0.458. The van der Waals surface area contributed by atoms with Crippen molar-refractivity contribution in [2.75, 3.05) is 27.8 Å². The molecule has 2 aromatic carbocycles. The summed E-state index contributed by atoms with van der Waals surface area (Å²) in [6.07, 6.45) is 4.45. The Morgan fingerprint density at radius 2 is 1.62 bits per heavy atom. The first-order valence-corrected chi connectivity index (χ1v) is 10.4. The first kappa shape index (κ1) is 21.2. The number of methoxy groups -OCH3 is 2. The molecule has 1 atom stereocenters. The molecule has 2 aromatic rings. The van der Waals surface area contributed by atoms with Gasteiger partial charge < -0.3 is 14.8 Å². The lowest BCUT2D eigenvalue weighted by Crippen LogP contribution is -2.54. The van der Waals surface area contributed by atoms with E-state index < -0.39 is 0 Å². The Morgan fingerprint density at radius 1 is 1.03 bits per heavy atom. The van der Waals surface area contributed by atoms with Crippen LogP contribution in [0.1, 0.15) is 54.6 Å². The number of ether oxygens (including phenoxy) is 2. The molecule has 5 nitrogen and oxygen atoms in total. The quantitative estimate of drug-likeness (QED) is 0.717. The molecule has 1 saturated carbocycles. The predicted molar refractivity (Wildman–Crippen MR) is 116 cm³/mol. The number of carbonyl (C=O) groups is 1. The summed E-state index contributed by atoms with van der Waals surface area (Å²) in [4.78, 5) is 15.9. The maximum Gasteiger partial charge on any atom is 0.259 e. The standard InChI is InChI=1S/C24H32N2O3/c1-5-26(2)24(16-9-10-17-24)22(18-12-7-6-8-13-18)25-23(27)21-19(28-3)14-11-15-20(21)29-4/h6-8,11-15,22H,5,9-10,16-17H2,1-4H3,(H,25,27). The summed E-state index contributed by atoms with van der Waals surface area (Å²) >= 11 is 0. The largest absolute Gasteiger partial charge is 0.496 e. The molecule has 1 amide bonds. The first-order valence-electron chi connectivity index (χ1n) is 10.4. The topological polar surface area (TPSA) is 50.8 Å². The van der Waals surface area contributed by atoms with E-state index in [-0.39, 0.29) is 17.5 Å². The molecule has 1 unspecified atom stereocenters. The van der Waals surface area contributed by atoms with Gasteiger partial charge in [0, 0.05) is 5.54 Å². The van der Waals surface area contributed by atoms with E-state index in [9.17, 15) is 4.79 Å². The highest BCUT2D eigenvalue weighted by Gasteiger charge is 2.45. The monoisotopic (exact) mass is 396 g/mol. The van der Waals surface area contributed by atoms with Gasteiger partial charge in [-0.25, -0.2) is 0 Å². The van der Waals surface area contributed by atoms with Crippen LogP contribution in [0.3, 0.4) is 0 Å². The third-order valence-corrected chi connectivity index (χ3v) is 6.30. The van der Waals surface area contributed by atoms with Crippen molar-refractivity contribution in [3.05, 3.63) is 59.7 Å². The highest BCUT2D eigenvalue weighted by atomic mass is 16.5. The second-order valence-corrected chi connectivity index (χ2v) is 7.68. The van der Waals surface area contributed by atoms with E-state index in [1.54, 1.807) is 26.4 Å². The van der Waals surface area contributed by atoms with Gasteiger partial charge in [-0.3, -0.25) is 9.69 Å². The number of rotatable bonds is 8. The molecule has 3 rings (SSSR count). The molecule has 0 bridgehead atoms. The summed E-state index contributed by atoms with van der Waals surface area (Å²) in [5.41, 5.74) is 1.45. The number of nitrogens with zero attached hydrogens (tertiary/aromatic N) is 1. The molecular formula is C24H32N2O3. The zero-order chi connectivity index (χ0) is 20.9. The van der Waals surface area contributed by atoms with E-state index in [4.69, 9.17) is 9.47 Å². The molecule has 1 N–H and O–H groups in total. The minimum Gasteiger partial charge on any atom is -0.496 e. The molecule has 0 spiro atoms. The maximum absolute atomic E-state index is 13.5. The number of hydrogen-bond acceptors (Lipinski definition) is 4. The van der Waals surface area contributed by atoms with E-state index in [0.29, 0.717) is 17.1 Å². The fourth-order valence-electron chi connectivity index (χ4n) is 4.64. The van der Waals surface area contributed by atoms with Crippen LogP contribution in [0.15, 0.2) is 48.5 Å². The lowest BCUT2D eigenvalue weighted by molar-refractivity contribution is 0.0679. The van der Waals surface area contributed by atoms with Crippen LogP contribution in [0.5, 0.6) is 11.5 Å². The Hall–Kier alpha value is -2.53. The molecule has 1 fully saturated rings. The summed E-state index contributed by atoms with van der Waals surface area (Å²) in [7, 11) is 5.31. The summed E-state index contributed by atoms with van der Waals surface area (Å²) in [6, 6.07) is 15.6. The van der Waals surface area contributed by atoms with Crippen molar-refractivity contribution in [2.45, 2.75) is 44.2 Å². The minimum atomic E-state index is -0.177. The molecule has 0 aromatic heterocycles. The smallest absolute Gasteiger partial charge is 0.259 e. The van der Waals surface area contributed by atoms with Crippen LogP contribution in [-0.4, -0.2) is 44.2 Å². The zero-order valence-corrected chi connectivity index (χ0v) is 17.9. The highest BCUT2D eigenvalue weighted by molar-refractivity contribution is 6.00. The van der Waals surface area contributed by atoms with Crippen molar-refractivity contribution in [1.82, 2.24) is 10.2 Å². The average Bonchev–Trinajstić information content (AvgIpc) is 3.27. The van der Waals surface area contributed by atoms with Gasteiger partial charge in [0.1, 0.15) is 17.1 Å². The lowest BCUT2D eigenvalue weighted by atomic mass is 9.81. The molecule has 0 aliphatic heterocycles. The van der Waals surface area contributed by atoms with Gasteiger partial charge >= 0.3 is 0 Å². The Kier molecular flexibility index (Phi) is 6.80. The van der Waals surface area contributed by atoms with Crippen LogP contribution in [0, 0.1) is 0 Å². The minimum absolute atomic E-state index is 0.110. The molecule has 1 aliphatic rings. The Bertz CT molecular complexity index is 794. The SMILES string of the molecule is CCN(C)C1(C(NC(=O)c2c(OC)cccc2OC)c2ccccc2)CCCC1. The van der Waals surface area contributed by atoms with Gasteiger partial charge in [0.2, 0.25) is 0 Å². The molecule has 1 aliphatic carbocycles. The van der Waals surface area contributed by atoms with Crippen molar-refractivity contribution in [1.29, 1.82) is 0 Å². The van der Waals surface area contributed by atoms with E-state index >= 15 is 0 Å². The molecule has 156 valence electrons. The van der Waals surface area contributed by atoms with Crippen LogP contribution < -0.4 is 14.8 Å². The second kappa shape index (κ2) is 9.31. The van der Waals surface area contributed by atoms with E-state index in [1.807, 2.05) is 24.3 Å². The van der Waals surface area contributed by atoms with Gasteiger partial charge in [-0.05, 0) is 44.1 Å². The second-order valence-electron chi connectivity index (χ2n) is 7.68. The van der Waals surface area contributed by atoms with Crippen molar-refractivity contribution < 1.29 is 14.3 Å². The Labute approximate surface area is 174 Å². The lowest BCUT2D eigenvalue weighted by Gasteiger charge is -2.45. The summed E-state index contributed by atoms with van der Waals surface area (Å²) < 4.78 is 10.9. The first-order chi connectivity index (χ1) is 14.1. The van der Waals surface area contributed by atoms with Crippen molar-refractivity contribution >= 4 is 5.91 Å². The third-order valence-electron chi connectivity index (χ3n) is 6.30. The molecule has 5 heteroatoms. The van der Waals surface area contributed by atoms with Gasteiger partial charge in [0.05, 0.1) is 20.3 Å². The zero-order valence-electron chi connectivity index (χ0n) is 17.9. The van der Waals surface area contributed by atoms with Crippen LogP contribution >= 0.6 is 0 Å². The number of likely N-dealkylation sites (N-methyl/N-ethyl adjacent to an activating group) is 1. The normalized spacial score (nSPS) is 16.4. The molecule has 0 heterocycles. The van der Waals surface area contributed by atoms with E-state index in [0.717, 1.165) is 24.9 Å². The summed E-state index contributed by atoms with van der Waals surface area (Å²) in [5, 5.41) is 3.36. The number of benzene rings is 2. The fourth-order valence-corrected chi connectivity index (χ4v) is 4.64. The summed E-state index contributed by atoms with van der Waals surface area (Å²) in [6.45, 7) is 3.10. The summed E-state index contributed by atoms with van der Waals surface area (Å²) in [5.74, 6) is 0.847. The molecule has 0 radical (unpaired) electrons. The van der Waals surface area contributed by atoms with Gasteiger partial charge in [-0.2, -0.15) is 0 Å². The molecule has 0 saturated heterocycles. The number of amides is 1. The van der Waals surface area contributed by atoms with Crippen molar-refractivity contribution in [2.24, 2.45) is 0 Å². The Morgan fingerprint density at radius 3 is 2.14 bits per heavy atom. The van der Waals surface area contributed by atoms with Crippen LogP contribution in [0.25, 0.3) is 0 Å². The predicted octanol–water partition coefficient (Wildman–Crippen LogP) is 4.44. The number of hydrogen-bond donors (Lipinski definition) is 1. The number of nitrogens with one attached hydrogen (secondary N) is 1. The van der Waals surface area contributed by atoms with Gasteiger partial charge in [-0.1, -0.05) is 56.2 Å². The molecule has 29 heavy (non-hydrogen) atoms. The average molecular weight is 397 g/mol. The third kappa shape index (κ3) is 4.10. The maximum atomic E-state index is 13.5. The highest BCUT2D eigenvalue weighted by Crippen LogP contribution is 2.44. The van der Waals surface area contributed by atoms with Crippen LogP contribution in [0.4, 0.5) is 0 Å². The van der Waals surface area contributed by atoms with Crippen molar-refractivity contribution in [3.8, 4) is 11.5 Å². The van der Waals surface area contributed by atoms with Crippen LogP contribution in [0.2, 0.25) is 0 Å². The van der Waals surface area contributed by atoms with Crippen molar-refractivity contribution in [3.63, 3.8) is 0 Å². The van der Waals surface area contributed by atoms with Gasteiger partial charge in [-0.15, -0.1) is 0 Å². The van der Waals surface area contributed by atoms with E-state index in [1.165, 1.54) is 12.8 Å². The number of carbonyl (C=O) groups excluding carboxylic acids is 1. The Balaban J connectivity index is 2.04. The van der Waals surface area contributed by atoms with E-state index in [2.05, 4.69) is 36.3 Å². The van der Waals surface area contributed by atoms with Gasteiger partial charge in [0.15, 0.2) is 0 Å². The molecular weight excluding hydrogens is 364 g/mol. The van der Waals surface area contributed by atoms with Gasteiger partial charge in [0.25, 0.3) is 5.91 Å². The van der Waals surface area contributed by atoms with Crippen LogP contribution in [-0.2, 0) is 0 Å².